The predicted octanol–water partition coefficient (Wildman–Crippen LogP) is 3.07. The fourth-order valence-electron chi connectivity index (χ4n) is 1.17. The molecular formula is C11H10BF4N2O2-. The van der Waals surface area contributed by atoms with Crippen LogP contribution in [0.1, 0.15) is 16.2 Å². The Morgan fingerprint density at radius 1 is 1.20 bits per heavy atom. The third-order valence-corrected chi connectivity index (χ3v) is 1.90. The maximum Gasteiger partial charge on any atom is 0.673 e. The van der Waals surface area contributed by atoms with E-state index in [-0.39, 0.29) is 12.4 Å². The van der Waals surface area contributed by atoms with Crippen LogP contribution < -0.4 is 0 Å². The van der Waals surface area contributed by atoms with E-state index >= 15 is 0 Å². The monoisotopic (exact) mass is 289 g/mol. The highest BCUT2D eigenvalue weighted by Gasteiger charge is 2.20. The molecule has 2 rings (SSSR count). The van der Waals surface area contributed by atoms with Crippen LogP contribution in [-0.2, 0) is 11.3 Å². The van der Waals surface area contributed by atoms with Gasteiger partial charge in [0.1, 0.15) is 6.61 Å². The fraction of sp³-hybridized carbons (Fsp3) is 0.0909. The number of esters is 1. The van der Waals surface area contributed by atoms with E-state index in [1.807, 2.05) is 30.3 Å². The molecule has 0 aliphatic heterocycles. The number of imidazole rings is 1. The van der Waals surface area contributed by atoms with Gasteiger partial charge in [-0.05, 0) is 5.56 Å². The molecule has 1 N–H and O–H groups in total. The van der Waals surface area contributed by atoms with Crippen LogP contribution in [0.5, 0.6) is 0 Å². The minimum atomic E-state index is -6.00. The number of halogens is 4. The molecule has 0 amide bonds. The Kier molecular flexibility index (Phi) is 5.76. The van der Waals surface area contributed by atoms with Crippen LogP contribution >= 0.6 is 0 Å². The number of benzene rings is 1. The van der Waals surface area contributed by atoms with E-state index in [1.54, 1.807) is 6.20 Å². The number of nitrogens with zero attached hydrogens (tertiary/aromatic N) is 1. The average molecular weight is 289 g/mol. The Morgan fingerprint density at radius 2 is 1.80 bits per heavy atom. The normalized spacial score (nSPS) is 10.4. The zero-order valence-corrected chi connectivity index (χ0v) is 10.1. The SMILES string of the molecule is F[B-](F)(F)F.O=C(OCc1ccccc1)c1ncc[nH]1. The molecule has 0 saturated heterocycles. The number of carbonyl (C=O) groups is 1. The lowest BCUT2D eigenvalue weighted by Crippen LogP contribution is -2.06. The Hall–Kier alpha value is -2.32. The van der Waals surface area contributed by atoms with Crippen molar-refractivity contribution in [3.05, 3.63) is 54.1 Å². The van der Waals surface area contributed by atoms with Crippen molar-refractivity contribution in [2.75, 3.05) is 0 Å². The number of nitrogens with one attached hydrogen (secondary N) is 1. The van der Waals surface area contributed by atoms with E-state index in [4.69, 9.17) is 4.74 Å². The molecule has 1 aromatic heterocycles. The molecule has 0 bridgehead atoms. The van der Waals surface area contributed by atoms with E-state index in [1.165, 1.54) is 6.20 Å². The Balaban J connectivity index is 0.000000347. The second kappa shape index (κ2) is 7.32. The van der Waals surface area contributed by atoms with Gasteiger partial charge in [-0.2, -0.15) is 0 Å². The molecule has 4 nitrogen and oxygen atoms in total. The van der Waals surface area contributed by atoms with Gasteiger partial charge in [-0.1, -0.05) is 30.3 Å². The number of hydrogen-bond acceptors (Lipinski definition) is 3. The number of H-pyrrole nitrogens is 1. The Morgan fingerprint density at radius 3 is 2.30 bits per heavy atom. The highest BCUT2D eigenvalue weighted by Crippen LogP contribution is 2.06. The van der Waals surface area contributed by atoms with Crippen LogP contribution in [-0.4, -0.2) is 23.2 Å². The summed E-state index contributed by atoms with van der Waals surface area (Å²) >= 11 is 0. The number of ether oxygens (including phenoxy) is 1. The summed E-state index contributed by atoms with van der Waals surface area (Å²) in [6, 6.07) is 9.51. The van der Waals surface area contributed by atoms with Gasteiger partial charge in [-0.15, -0.1) is 0 Å². The minimum Gasteiger partial charge on any atom is -0.455 e. The predicted molar refractivity (Wildman–Crippen MR) is 64.3 cm³/mol. The molecule has 0 radical (unpaired) electrons. The number of aromatic nitrogens is 2. The first-order chi connectivity index (χ1) is 9.36. The quantitative estimate of drug-likeness (QED) is 0.536. The van der Waals surface area contributed by atoms with Crippen molar-refractivity contribution in [1.29, 1.82) is 0 Å². The Labute approximate surface area is 111 Å². The van der Waals surface area contributed by atoms with Crippen molar-refractivity contribution in [2.24, 2.45) is 0 Å². The summed E-state index contributed by atoms with van der Waals surface area (Å²) in [6.45, 7) is 0.264. The van der Waals surface area contributed by atoms with E-state index < -0.39 is 13.2 Å². The van der Waals surface area contributed by atoms with E-state index in [9.17, 15) is 22.1 Å². The molecule has 1 heterocycles. The maximum atomic E-state index is 11.4. The molecule has 9 heteroatoms. The lowest BCUT2D eigenvalue weighted by atomic mass is 10.2. The van der Waals surface area contributed by atoms with Crippen LogP contribution in [0.2, 0.25) is 0 Å². The zero-order valence-electron chi connectivity index (χ0n) is 10.1. The van der Waals surface area contributed by atoms with Crippen LogP contribution in [0.25, 0.3) is 0 Å². The van der Waals surface area contributed by atoms with Crippen molar-refractivity contribution >= 4 is 13.2 Å². The minimum absolute atomic E-state index is 0.228. The first-order valence-corrected chi connectivity index (χ1v) is 5.44. The highest BCUT2D eigenvalue weighted by atomic mass is 19.5. The molecule has 0 atom stereocenters. The highest BCUT2D eigenvalue weighted by molar-refractivity contribution is 6.50. The third kappa shape index (κ3) is 7.19. The molecule has 0 fully saturated rings. The van der Waals surface area contributed by atoms with Gasteiger partial charge in [0.05, 0.1) is 0 Å². The average Bonchev–Trinajstić information content (AvgIpc) is 2.89. The second-order valence-corrected chi connectivity index (χ2v) is 3.49. The van der Waals surface area contributed by atoms with Crippen LogP contribution in [0, 0.1) is 0 Å². The van der Waals surface area contributed by atoms with Gasteiger partial charge in [0, 0.05) is 12.4 Å². The summed E-state index contributed by atoms with van der Waals surface area (Å²) in [5.41, 5.74) is 0.956. The van der Waals surface area contributed by atoms with Gasteiger partial charge in [0.25, 0.3) is 0 Å². The summed E-state index contributed by atoms with van der Waals surface area (Å²) < 4.78 is 44.0. The van der Waals surface area contributed by atoms with Crippen LogP contribution in [0.3, 0.4) is 0 Å². The number of aromatic amines is 1. The van der Waals surface area contributed by atoms with Crippen molar-refractivity contribution in [1.82, 2.24) is 9.97 Å². The van der Waals surface area contributed by atoms with Gasteiger partial charge < -0.3 is 27.0 Å². The molecule has 20 heavy (non-hydrogen) atoms. The van der Waals surface area contributed by atoms with E-state index in [2.05, 4.69) is 9.97 Å². The van der Waals surface area contributed by atoms with Gasteiger partial charge in [0.2, 0.25) is 5.82 Å². The second-order valence-electron chi connectivity index (χ2n) is 3.49. The van der Waals surface area contributed by atoms with Gasteiger partial charge >= 0.3 is 13.2 Å². The largest absolute Gasteiger partial charge is 0.673 e. The van der Waals surface area contributed by atoms with Crippen molar-refractivity contribution in [3.63, 3.8) is 0 Å². The standard InChI is InChI=1S/C11H10N2O2.BF4/c14-11(10-12-6-7-13-10)15-8-9-4-2-1-3-5-9;2-1(3,4)5/h1-7H,8H2,(H,12,13);/q;-1. The molecule has 0 saturated carbocycles. The molecule has 108 valence electrons. The van der Waals surface area contributed by atoms with E-state index in [0.717, 1.165) is 5.56 Å². The van der Waals surface area contributed by atoms with E-state index in [0.29, 0.717) is 0 Å². The number of hydrogen-bond donors (Lipinski definition) is 1. The number of rotatable bonds is 3. The summed E-state index contributed by atoms with van der Waals surface area (Å²) in [5, 5.41) is 0. The number of carbonyl (C=O) groups excluding carboxylic acids is 1. The first-order valence-electron chi connectivity index (χ1n) is 5.44. The molecule has 0 aliphatic rings. The summed E-state index contributed by atoms with van der Waals surface area (Å²) in [4.78, 5) is 17.8. The van der Waals surface area contributed by atoms with Gasteiger partial charge in [-0.25, -0.2) is 9.78 Å². The smallest absolute Gasteiger partial charge is 0.455 e. The summed E-state index contributed by atoms with van der Waals surface area (Å²) in [7, 11) is -6.00. The lowest BCUT2D eigenvalue weighted by Gasteiger charge is -2.02. The molecule has 0 aliphatic carbocycles. The third-order valence-electron chi connectivity index (χ3n) is 1.90. The maximum absolute atomic E-state index is 11.4. The Bertz CT molecular complexity index is 511. The van der Waals surface area contributed by atoms with Gasteiger partial charge in [-0.3, -0.25) is 0 Å². The summed E-state index contributed by atoms with van der Waals surface area (Å²) in [6.07, 6.45) is 3.10. The van der Waals surface area contributed by atoms with Crippen molar-refractivity contribution in [2.45, 2.75) is 6.61 Å². The van der Waals surface area contributed by atoms with Crippen LogP contribution in [0.15, 0.2) is 42.7 Å². The van der Waals surface area contributed by atoms with Crippen molar-refractivity contribution < 1.29 is 26.8 Å². The zero-order chi connectivity index (χ0) is 15.0. The lowest BCUT2D eigenvalue weighted by molar-refractivity contribution is 0.0459. The molecule has 0 spiro atoms. The molecular weight excluding hydrogens is 279 g/mol. The summed E-state index contributed by atoms with van der Waals surface area (Å²) in [5.74, 6) is -0.213. The van der Waals surface area contributed by atoms with Crippen LogP contribution in [0.4, 0.5) is 17.3 Å². The molecule has 0 unspecified atom stereocenters. The fourth-order valence-corrected chi connectivity index (χ4v) is 1.17. The first kappa shape index (κ1) is 15.7. The molecule has 2 aromatic rings. The van der Waals surface area contributed by atoms with Crippen molar-refractivity contribution in [3.8, 4) is 0 Å². The molecule has 1 aromatic carbocycles. The topological polar surface area (TPSA) is 55.0 Å². The van der Waals surface area contributed by atoms with Gasteiger partial charge in [0.15, 0.2) is 0 Å².